The molecule has 1 aliphatic carbocycles. The Hall–Kier alpha value is -1.61. The maximum Gasteiger partial charge on any atom is 0.195 e. The predicted molar refractivity (Wildman–Crippen MR) is 83.8 cm³/mol. The van der Waals surface area contributed by atoms with E-state index in [1.165, 1.54) is 11.3 Å². The number of aryl methyl sites for hydroxylation is 3. The van der Waals surface area contributed by atoms with Crippen LogP contribution in [0.1, 0.15) is 34.4 Å². The number of benzene rings is 1. The minimum Gasteiger partial charge on any atom is -0.499 e. The first-order valence-corrected chi connectivity index (χ1v) is 7.85. The molecular weight excluding hydrogens is 268 g/mol. The zero-order valence-electron chi connectivity index (χ0n) is 11.8. The van der Waals surface area contributed by atoms with Crippen LogP contribution >= 0.6 is 11.3 Å². The van der Waals surface area contributed by atoms with Gasteiger partial charge in [-0.2, -0.15) is 0 Å². The van der Waals surface area contributed by atoms with Crippen LogP contribution in [0.25, 0.3) is 11.1 Å². The summed E-state index contributed by atoms with van der Waals surface area (Å²) in [6, 6.07) is 6.03. The highest BCUT2D eigenvalue weighted by Gasteiger charge is 2.21. The minimum atomic E-state index is 0.0321. The summed E-state index contributed by atoms with van der Waals surface area (Å²) in [5.74, 6) is 0. The Labute approximate surface area is 122 Å². The highest BCUT2D eigenvalue weighted by Crippen LogP contribution is 2.37. The van der Waals surface area contributed by atoms with Gasteiger partial charge in [0.25, 0.3) is 0 Å². The fourth-order valence-electron chi connectivity index (χ4n) is 2.89. The van der Waals surface area contributed by atoms with Crippen LogP contribution in [-0.2, 0) is 12.8 Å². The van der Waals surface area contributed by atoms with Gasteiger partial charge in [0.2, 0.25) is 0 Å². The summed E-state index contributed by atoms with van der Waals surface area (Å²) < 4.78 is 0. The summed E-state index contributed by atoms with van der Waals surface area (Å²) in [5, 5.41) is 10.5. The molecule has 1 aromatic carbocycles. The topological polar surface area (TPSA) is 37.3 Å². The van der Waals surface area contributed by atoms with Crippen LogP contribution in [0, 0.1) is 13.8 Å². The van der Waals surface area contributed by atoms with E-state index in [0.717, 1.165) is 52.8 Å². The molecule has 1 heterocycles. The van der Waals surface area contributed by atoms with Crippen LogP contribution in [-0.4, -0.2) is 5.11 Å². The van der Waals surface area contributed by atoms with Gasteiger partial charge in [0.1, 0.15) is 0 Å². The van der Waals surface area contributed by atoms with Crippen molar-refractivity contribution in [1.82, 2.24) is 0 Å². The van der Waals surface area contributed by atoms with Crippen LogP contribution in [0.3, 0.4) is 0 Å². The van der Waals surface area contributed by atoms with Gasteiger partial charge >= 0.3 is 0 Å². The third-order valence-corrected chi connectivity index (χ3v) is 5.11. The van der Waals surface area contributed by atoms with Gasteiger partial charge in [0.05, 0.1) is 5.56 Å². The summed E-state index contributed by atoms with van der Waals surface area (Å²) in [4.78, 5) is 13.8. The minimum absolute atomic E-state index is 0.0321. The van der Waals surface area contributed by atoms with Crippen molar-refractivity contribution in [3.8, 4) is 16.2 Å². The van der Waals surface area contributed by atoms with Crippen LogP contribution in [0.15, 0.2) is 23.0 Å². The van der Waals surface area contributed by atoms with Gasteiger partial charge in [0.15, 0.2) is 10.5 Å². The Kier molecular flexibility index (Phi) is 3.38. The molecule has 0 fully saturated rings. The SMILES string of the molecule is Cc1ccc(C)c(-c2c(O)sc3c(c2=O)CCCC3)c1. The van der Waals surface area contributed by atoms with E-state index in [1.54, 1.807) is 0 Å². The van der Waals surface area contributed by atoms with Crippen molar-refractivity contribution in [2.24, 2.45) is 0 Å². The number of rotatable bonds is 1. The highest BCUT2D eigenvalue weighted by atomic mass is 32.1. The third-order valence-electron chi connectivity index (χ3n) is 4.01. The molecule has 0 aliphatic heterocycles. The number of hydrogen-bond donors (Lipinski definition) is 1. The Morgan fingerprint density at radius 3 is 2.70 bits per heavy atom. The van der Waals surface area contributed by atoms with Crippen LogP contribution in [0.4, 0.5) is 0 Å². The standard InChI is InChI=1S/C17H18O2S/c1-10-7-8-11(2)13(9-10)15-16(18)12-5-3-4-6-14(12)20-17(15)19/h7-9,19H,3-6H2,1-2H3. The molecular formula is C17H18O2S. The molecule has 2 nitrogen and oxygen atoms in total. The molecule has 0 saturated heterocycles. The van der Waals surface area contributed by atoms with Crippen LogP contribution in [0.5, 0.6) is 5.06 Å². The summed E-state index contributed by atoms with van der Waals surface area (Å²) in [7, 11) is 0. The van der Waals surface area contributed by atoms with Crippen molar-refractivity contribution in [3.05, 3.63) is 50.0 Å². The second-order valence-corrected chi connectivity index (χ2v) is 6.62. The fraction of sp³-hybridized carbons (Fsp3) is 0.353. The molecule has 0 unspecified atom stereocenters. The van der Waals surface area contributed by atoms with Crippen molar-refractivity contribution in [1.29, 1.82) is 0 Å². The lowest BCUT2D eigenvalue weighted by molar-refractivity contribution is 0.491. The van der Waals surface area contributed by atoms with Gasteiger partial charge in [0, 0.05) is 10.4 Å². The molecule has 20 heavy (non-hydrogen) atoms. The molecule has 1 N–H and O–H groups in total. The quantitative estimate of drug-likeness (QED) is 0.861. The molecule has 1 aromatic heterocycles. The Morgan fingerprint density at radius 1 is 1.15 bits per heavy atom. The van der Waals surface area contributed by atoms with E-state index < -0.39 is 0 Å². The Balaban J connectivity index is 2.29. The van der Waals surface area contributed by atoms with E-state index in [4.69, 9.17) is 0 Å². The van der Waals surface area contributed by atoms with Crippen molar-refractivity contribution in [2.45, 2.75) is 39.5 Å². The molecule has 0 saturated carbocycles. The maximum atomic E-state index is 12.7. The normalized spacial score (nSPS) is 14.1. The third kappa shape index (κ3) is 2.16. The molecule has 3 heteroatoms. The average molecular weight is 286 g/mol. The summed E-state index contributed by atoms with van der Waals surface area (Å²) >= 11 is 1.39. The zero-order chi connectivity index (χ0) is 14.3. The molecule has 0 spiro atoms. The first kappa shape index (κ1) is 13.4. The van der Waals surface area contributed by atoms with E-state index >= 15 is 0 Å². The first-order chi connectivity index (χ1) is 9.58. The van der Waals surface area contributed by atoms with Crippen molar-refractivity contribution < 1.29 is 5.11 Å². The van der Waals surface area contributed by atoms with E-state index in [1.807, 2.05) is 32.0 Å². The van der Waals surface area contributed by atoms with Crippen molar-refractivity contribution in [2.75, 3.05) is 0 Å². The second-order valence-electron chi connectivity index (χ2n) is 5.54. The maximum absolute atomic E-state index is 12.7. The molecule has 0 amide bonds. The molecule has 104 valence electrons. The predicted octanol–water partition coefficient (Wildman–Crippen LogP) is 3.98. The van der Waals surface area contributed by atoms with Gasteiger partial charge in [-0.15, -0.1) is 11.3 Å². The number of fused-ring (bicyclic) bond motifs is 1. The first-order valence-electron chi connectivity index (χ1n) is 7.03. The lowest BCUT2D eigenvalue weighted by Gasteiger charge is -2.17. The molecule has 0 bridgehead atoms. The summed E-state index contributed by atoms with van der Waals surface area (Å²) in [6.45, 7) is 3.99. The van der Waals surface area contributed by atoms with Crippen molar-refractivity contribution >= 4 is 11.3 Å². The molecule has 0 atom stereocenters. The largest absolute Gasteiger partial charge is 0.499 e. The molecule has 3 rings (SSSR count). The zero-order valence-corrected chi connectivity index (χ0v) is 12.6. The van der Waals surface area contributed by atoms with E-state index in [-0.39, 0.29) is 10.5 Å². The molecule has 2 aromatic rings. The summed E-state index contributed by atoms with van der Waals surface area (Å²) in [6.07, 6.45) is 3.97. The van der Waals surface area contributed by atoms with Crippen LogP contribution < -0.4 is 5.43 Å². The van der Waals surface area contributed by atoms with Crippen molar-refractivity contribution in [3.63, 3.8) is 0 Å². The fourth-order valence-corrected chi connectivity index (χ4v) is 3.99. The van der Waals surface area contributed by atoms with Crippen LogP contribution in [0.2, 0.25) is 0 Å². The van der Waals surface area contributed by atoms with E-state index in [9.17, 15) is 9.90 Å². The van der Waals surface area contributed by atoms with Gasteiger partial charge in [-0.3, -0.25) is 4.79 Å². The van der Waals surface area contributed by atoms with Gasteiger partial charge in [-0.05, 0) is 50.7 Å². The van der Waals surface area contributed by atoms with Gasteiger partial charge < -0.3 is 5.11 Å². The lowest BCUT2D eigenvalue weighted by Crippen LogP contribution is -2.17. The number of hydrogen-bond acceptors (Lipinski definition) is 3. The average Bonchev–Trinajstić information content (AvgIpc) is 2.42. The monoisotopic (exact) mass is 286 g/mol. The highest BCUT2D eigenvalue weighted by molar-refractivity contribution is 7.13. The number of aromatic hydroxyl groups is 1. The Bertz CT molecular complexity index is 729. The Morgan fingerprint density at radius 2 is 1.90 bits per heavy atom. The summed E-state index contributed by atoms with van der Waals surface area (Å²) in [5.41, 5.74) is 4.46. The van der Waals surface area contributed by atoms with Gasteiger partial charge in [-0.1, -0.05) is 23.8 Å². The van der Waals surface area contributed by atoms with Gasteiger partial charge in [-0.25, -0.2) is 0 Å². The molecule has 1 aliphatic rings. The molecule has 0 radical (unpaired) electrons. The second kappa shape index (κ2) is 5.06. The lowest BCUT2D eigenvalue weighted by atomic mass is 9.94. The van der Waals surface area contributed by atoms with E-state index in [0.29, 0.717) is 5.56 Å². The van der Waals surface area contributed by atoms with E-state index in [2.05, 4.69) is 0 Å². The smallest absolute Gasteiger partial charge is 0.195 e.